The number of aromatic nitrogens is 6. The summed E-state index contributed by atoms with van der Waals surface area (Å²) in [4.78, 5) is 25.4. The maximum atomic E-state index is 13.2. The van der Waals surface area contributed by atoms with Gasteiger partial charge in [0.2, 0.25) is 11.9 Å². The normalized spacial score (nSPS) is 11.0. The van der Waals surface area contributed by atoms with Crippen molar-refractivity contribution in [2.45, 2.75) is 13.5 Å². The number of rotatable bonds is 6. The van der Waals surface area contributed by atoms with E-state index in [1.807, 2.05) is 6.92 Å². The van der Waals surface area contributed by atoms with E-state index in [4.69, 9.17) is 10.5 Å². The van der Waals surface area contributed by atoms with Gasteiger partial charge in [0.25, 0.3) is 5.88 Å². The summed E-state index contributed by atoms with van der Waals surface area (Å²) in [5, 5.41) is 10.0. The van der Waals surface area contributed by atoms with E-state index in [1.165, 1.54) is 25.6 Å². The number of fused-ring (bicyclic) bond motifs is 1. The number of amides is 1. The number of imidazole rings is 1. The van der Waals surface area contributed by atoms with Crippen molar-refractivity contribution in [2.75, 3.05) is 23.5 Å². The molecule has 3 aromatic heterocycles. The Hall–Kier alpha value is -4.22. The number of benzene rings is 1. The van der Waals surface area contributed by atoms with Crippen molar-refractivity contribution in [1.29, 1.82) is 0 Å². The molecule has 0 saturated heterocycles. The van der Waals surface area contributed by atoms with E-state index in [2.05, 4.69) is 30.7 Å². The minimum Gasteiger partial charge on any atom is -0.478 e. The molecule has 12 heteroatoms. The van der Waals surface area contributed by atoms with E-state index in [1.54, 1.807) is 28.4 Å². The maximum Gasteiger partial charge on any atom is 0.256 e. The first-order valence-electron chi connectivity index (χ1n) is 9.24. The summed E-state index contributed by atoms with van der Waals surface area (Å²) < 4.78 is 21.5. The van der Waals surface area contributed by atoms with Crippen molar-refractivity contribution in [3.05, 3.63) is 42.1 Å². The number of hydrogen-bond acceptors (Lipinski definition) is 8. The van der Waals surface area contributed by atoms with Gasteiger partial charge >= 0.3 is 0 Å². The van der Waals surface area contributed by atoms with Gasteiger partial charge in [0, 0.05) is 12.7 Å². The number of nitrogens with two attached hydrogens (primary N) is 1. The fraction of sp³-hybridized carbons (Fsp3) is 0.211. The Bertz CT molecular complexity index is 1260. The quantitative estimate of drug-likeness (QED) is 0.426. The van der Waals surface area contributed by atoms with Crippen molar-refractivity contribution in [1.82, 2.24) is 29.3 Å². The molecule has 3 heterocycles. The number of ether oxygens (including phenoxy) is 1. The smallest absolute Gasteiger partial charge is 0.256 e. The van der Waals surface area contributed by atoms with Crippen LogP contribution in [0.25, 0.3) is 11.2 Å². The van der Waals surface area contributed by atoms with Gasteiger partial charge in [-0.1, -0.05) is 0 Å². The van der Waals surface area contributed by atoms with Crippen LogP contribution in [0.15, 0.2) is 30.6 Å². The molecule has 0 radical (unpaired) electrons. The first kappa shape index (κ1) is 20.1. The number of nitrogen functional groups attached to an aromatic ring is 1. The Morgan fingerprint density at radius 3 is 2.71 bits per heavy atom. The molecule has 0 unspecified atom stereocenters. The molecular weight excluding hydrogens is 405 g/mol. The molecule has 0 aliphatic rings. The van der Waals surface area contributed by atoms with Crippen LogP contribution in [0.5, 0.6) is 5.88 Å². The molecule has 4 aromatic rings. The number of hydrogen-bond donors (Lipinski definition) is 3. The summed E-state index contributed by atoms with van der Waals surface area (Å²) in [6, 6.07) is 5.77. The van der Waals surface area contributed by atoms with Gasteiger partial charge in [-0.15, -0.1) is 5.10 Å². The summed E-state index contributed by atoms with van der Waals surface area (Å²) in [5.74, 6) is -0.00382. The topological polar surface area (TPSA) is 138 Å². The van der Waals surface area contributed by atoms with E-state index in [9.17, 15) is 9.18 Å². The fourth-order valence-electron chi connectivity index (χ4n) is 3.03. The molecule has 1 aromatic carbocycles. The van der Waals surface area contributed by atoms with E-state index in [0.717, 1.165) is 5.69 Å². The lowest BCUT2D eigenvalue weighted by Crippen LogP contribution is -2.19. The third kappa shape index (κ3) is 3.95. The summed E-state index contributed by atoms with van der Waals surface area (Å²) in [6.45, 7) is 1.75. The maximum absolute atomic E-state index is 13.2. The number of halogens is 1. The van der Waals surface area contributed by atoms with Gasteiger partial charge in [0.1, 0.15) is 18.0 Å². The Balaban J connectivity index is 1.60. The molecular formula is C19H20FN9O2. The van der Waals surface area contributed by atoms with Gasteiger partial charge in [0.15, 0.2) is 17.0 Å². The molecule has 4 N–H and O–H groups in total. The predicted octanol–water partition coefficient (Wildman–Crippen LogP) is 1.98. The number of methoxy groups -OCH3 is 1. The molecule has 31 heavy (non-hydrogen) atoms. The second kappa shape index (κ2) is 7.89. The third-order valence-electron chi connectivity index (χ3n) is 4.66. The van der Waals surface area contributed by atoms with Crippen LogP contribution in [-0.2, 0) is 18.4 Å². The number of carbonyl (C=O) groups is 1. The predicted molar refractivity (Wildman–Crippen MR) is 113 cm³/mol. The largest absolute Gasteiger partial charge is 0.478 e. The highest BCUT2D eigenvalue weighted by atomic mass is 19.1. The summed E-state index contributed by atoms with van der Waals surface area (Å²) in [6.07, 6.45) is 1.47. The van der Waals surface area contributed by atoms with Gasteiger partial charge in [-0.05, 0) is 31.2 Å². The number of carbonyl (C=O) groups excluding carboxylic acids is 1. The second-order valence-electron chi connectivity index (χ2n) is 6.75. The molecule has 0 saturated carbocycles. The minimum absolute atomic E-state index is 0.00374. The number of nitrogens with one attached hydrogen (secondary N) is 2. The Morgan fingerprint density at radius 2 is 2.00 bits per heavy atom. The molecule has 4 rings (SSSR count). The highest BCUT2D eigenvalue weighted by molar-refractivity contribution is 5.94. The van der Waals surface area contributed by atoms with Crippen LogP contribution >= 0.6 is 0 Å². The summed E-state index contributed by atoms with van der Waals surface area (Å²) in [7, 11) is 3.24. The Kier molecular flexibility index (Phi) is 5.11. The van der Waals surface area contributed by atoms with E-state index >= 15 is 0 Å². The van der Waals surface area contributed by atoms with E-state index < -0.39 is 0 Å². The van der Waals surface area contributed by atoms with Crippen LogP contribution < -0.4 is 21.1 Å². The van der Waals surface area contributed by atoms with Crippen molar-refractivity contribution >= 4 is 40.2 Å². The van der Waals surface area contributed by atoms with Crippen molar-refractivity contribution < 1.29 is 13.9 Å². The molecule has 0 bridgehead atoms. The van der Waals surface area contributed by atoms with E-state index in [-0.39, 0.29) is 24.2 Å². The first-order chi connectivity index (χ1) is 14.9. The molecule has 0 atom stereocenters. The number of anilines is 4. The van der Waals surface area contributed by atoms with Crippen LogP contribution in [0.3, 0.4) is 0 Å². The molecule has 0 spiro atoms. The molecule has 0 aliphatic carbocycles. The molecule has 160 valence electrons. The zero-order chi connectivity index (χ0) is 22.1. The highest BCUT2D eigenvalue weighted by Crippen LogP contribution is 2.27. The SMILES string of the molecule is COc1nn(C)c(C)c1NC(=O)Cn1cnc2c(Nc3ccc(F)cc3)nc(N)nc21. The van der Waals surface area contributed by atoms with Gasteiger partial charge in [-0.3, -0.25) is 9.48 Å². The van der Waals surface area contributed by atoms with Crippen LogP contribution in [0.4, 0.5) is 27.5 Å². The second-order valence-corrected chi connectivity index (χ2v) is 6.75. The average Bonchev–Trinajstić information content (AvgIpc) is 3.25. The van der Waals surface area contributed by atoms with Gasteiger partial charge in [-0.25, -0.2) is 9.37 Å². The Labute approximate surface area is 176 Å². The third-order valence-corrected chi connectivity index (χ3v) is 4.66. The zero-order valence-electron chi connectivity index (χ0n) is 17.0. The van der Waals surface area contributed by atoms with Crippen LogP contribution in [0, 0.1) is 12.7 Å². The lowest BCUT2D eigenvalue weighted by atomic mass is 10.3. The molecule has 0 aliphatic heterocycles. The molecule has 11 nitrogen and oxygen atoms in total. The highest BCUT2D eigenvalue weighted by Gasteiger charge is 2.18. The van der Waals surface area contributed by atoms with Crippen molar-refractivity contribution in [3.8, 4) is 5.88 Å². The van der Waals surface area contributed by atoms with Gasteiger partial charge in [-0.2, -0.15) is 9.97 Å². The van der Waals surface area contributed by atoms with Crippen LogP contribution in [-0.4, -0.2) is 42.3 Å². The molecule has 1 amide bonds. The van der Waals surface area contributed by atoms with Crippen molar-refractivity contribution in [2.24, 2.45) is 7.05 Å². The standard InChI is InChI=1S/C19H20FN9O2/c1-10-14(18(31-3)27-28(10)2)24-13(30)8-29-9-22-15-16(25-19(21)26-17(15)29)23-12-6-4-11(20)5-7-12/h4-7,9H,8H2,1-3H3,(H,24,30)(H3,21,23,25,26). The Morgan fingerprint density at radius 1 is 1.26 bits per heavy atom. The van der Waals surface area contributed by atoms with Crippen molar-refractivity contribution in [3.63, 3.8) is 0 Å². The van der Waals surface area contributed by atoms with Crippen LogP contribution in [0.1, 0.15) is 5.69 Å². The lowest BCUT2D eigenvalue weighted by molar-refractivity contribution is -0.116. The number of aryl methyl sites for hydroxylation is 1. The summed E-state index contributed by atoms with van der Waals surface area (Å²) >= 11 is 0. The van der Waals surface area contributed by atoms with E-state index in [0.29, 0.717) is 34.2 Å². The first-order valence-corrected chi connectivity index (χ1v) is 9.24. The fourth-order valence-corrected chi connectivity index (χ4v) is 3.03. The minimum atomic E-state index is -0.353. The summed E-state index contributed by atoms with van der Waals surface area (Å²) in [5.41, 5.74) is 8.49. The van der Waals surface area contributed by atoms with Crippen LogP contribution in [0.2, 0.25) is 0 Å². The molecule has 0 fully saturated rings. The lowest BCUT2D eigenvalue weighted by Gasteiger charge is -2.09. The monoisotopic (exact) mass is 425 g/mol. The van der Waals surface area contributed by atoms with Gasteiger partial charge in [0.05, 0.1) is 19.1 Å². The zero-order valence-corrected chi connectivity index (χ0v) is 17.0. The average molecular weight is 425 g/mol. The number of nitrogens with zero attached hydrogens (tertiary/aromatic N) is 6. The van der Waals surface area contributed by atoms with Gasteiger partial charge < -0.3 is 25.7 Å².